The monoisotopic (exact) mass is 878 g/mol. The molecule has 0 amide bonds. The van der Waals surface area contributed by atoms with Crippen LogP contribution in [0.15, 0.2) is 261 Å². The first-order chi connectivity index (χ1) is 34.2. The zero-order chi connectivity index (χ0) is 45.7. The van der Waals surface area contributed by atoms with E-state index in [9.17, 15) is 0 Å². The SMILES string of the molecule is C1=Cc2c(c3ccccc3n2-c2cccc(-c3ccccc3)c2)C(c2cccc3c2c2ccccc2n3-c2ccc(-c3ccc(-c4cccc(-c5cccc(-c6ccccc6)c5)c4)cc3)cc2)=CC1. The van der Waals surface area contributed by atoms with Gasteiger partial charge >= 0.3 is 0 Å². The highest BCUT2D eigenvalue weighted by molar-refractivity contribution is 6.17. The van der Waals surface area contributed by atoms with Crippen molar-refractivity contribution >= 4 is 44.4 Å². The normalized spacial score (nSPS) is 12.3. The van der Waals surface area contributed by atoms with E-state index in [0.717, 1.165) is 17.8 Å². The molecule has 0 bridgehead atoms. The molecule has 2 heteroatoms. The van der Waals surface area contributed by atoms with Crippen LogP contribution in [0.25, 0.3) is 111 Å². The maximum absolute atomic E-state index is 2.45. The highest BCUT2D eigenvalue weighted by Gasteiger charge is 2.25. The van der Waals surface area contributed by atoms with Crippen molar-refractivity contribution in [3.63, 3.8) is 0 Å². The van der Waals surface area contributed by atoms with Crippen LogP contribution >= 0.6 is 0 Å². The average Bonchev–Trinajstić information content (AvgIpc) is 3.85. The van der Waals surface area contributed by atoms with Crippen LogP contribution in [0.5, 0.6) is 0 Å². The first-order valence-electron chi connectivity index (χ1n) is 23.9. The molecule has 2 nitrogen and oxygen atoms in total. The molecule has 69 heavy (non-hydrogen) atoms. The molecular weight excluding hydrogens is 833 g/mol. The molecular formula is C67H46N2. The molecule has 0 radical (unpaired) electrons. The van der Waals surface area contributed by atoms with Crippen LogP contribution in [0.4, 0.5) is 0 Å². The standard InChI is InChI=1S/C67H46N2/c1-3-17-46(18-4-1)51-21-13-23-53(43-51)54-24-14-22-52(44-54)50-37-35-48(36-38-50)49-39-41-56(42-40-49)68-62-31-10-8-28-60(62)67-59(30-16-34-65(67)68)58-27-7-12-33-64-66(58)61-29-9-11-32-63(61)69(64)57-26-15-25-55(45-57)47-19-5-2-6-20-47/h1-6,8-45H,7H2. The molecule has 0 saturated carbocycles. The number of nitrogens with zero attached hydrogens (tertiary/aromatic N) is 2. The Morgan fingerprint density at radius 1 is 0.304 bits per heavy atom. The Kier molecular flexibility index (Phi) is 9.95. The van der Waals surface area contributed by atoms with Crippen molar-refractivity contribution in [1.82, 2.24) is 9.13 Å². The first-order valence-corrected chi connectivity index (χ1v) is 23.9. The Morgan fingerprint density at radius 3 is 1.39 bits per heavy atom. The molecule has 0 unspecified atom stereocenters. The average molecular weight is 879 g/mol. The smallest absolute Gasteiger partial charge is 0.0547 e. The van der Waals surface area contributed by atoms with Crippen LogP contribution in [0.3, 0.4) is 0 Å². The Bertz CT molecular complexity index is 3940. The number of hydrogen-bond acceptors (Lipinski definition) is 0. The van der Waals surface area contributed by atoms with E-state index in [0.29, 0.717) is 0 Å². The van der Waals surface area contributed by atoms with Crippen molar-refractivity contribution in [2.24, 2.45) is 0 Å². The van der Waals surface area contributed by atoms with Gasteiger partial charge in [0.1, 0.15) is 0 Å². The van der Waals surface area contributed by atoms with Gasteiger partial charge in [0.05, 0.1) is 22.2 Å². The molecule has 0 atom stereocenters. The van der Waals surface area contributed by atoms with Gasteiger partial charge in [-0.3, -0.25) is 0 Å². The molecule has 0 N–H and O–H groups in total. The Hall–Kier alpha value is -8.98. The number of allylic oxidation sites excluding steroid dienone is 2. The highest BCUT2D eigenvalue weighted by atomic mass is 15.0. The summed E-state index contributed by atoms with van der Waals surface area (Å²) in [4.78, 5) is 0. The van der Waals surface area contributed by atoms with Gasteiger partial charge in [0.2, 0.25) is 0 Å². The van der Waals surface area contributed by atoms with E-state index in [4.69, 9.17) is 0 Å². The summed E-state index contributed by atoms with van der Waals surface area (Å²) in [7, 11) is 0. The maximum Gasteiger partial charge on any atom is 0.0547 e. The Labute approximate surface area is 402 Å². The van der Waals surface area contributed by atoms with E-state index < -0.39 is 0 Å². The Morgan fingerprint density at radius 2 is 0.754 bits per heavy atom. The second-order valence-electron chi connectivity index (χ2n) is 18.0. The summed E-state index contributed by atoms with van der Waals surface area (Å²) in [6.45, 7) is 0. The molecule has 10 aromatic carbocycles. The minimum Gasteiger partial charge on any atom is -0.309 e. The van der Waals surface area contributed by atoms with E-state index in [1.807, 2.05) is 0 Å². The van der Waals surface area contributed by atoms with Gasteiger partial charge in [-0.2, -0.15) is 0 Å². The van der Waals surface area contributed by atoms with Crippen molar-refractivity contribution in [2.75, 3.05) is 0 Å². The molecule has 0 spiro atoms. The van der Waals surface area contributed by atoms with E-state index in [-0.39, 0.29) is 0 Å². The van der Waals surface area contributed by atoms with Gasteiger partial charge in [-0.1, -0.05) is 206 Å². The molecule has 2 aromatic heterocycles. The summed E-state index contributed by atoms with van der Waals surface area (Å²) in [6.07, 6.45) is 7.92. The molecule has 0 fully saturated rings. The largest absolute Gasteiger partial charge is 0.309 e. The van der Waals surface area contributed by atoms with E-state index in [2.05, 4.69) is 276 Å². The van der Waals surface area contributed by atoms with Crippen molar-refractivity contribution < 1.29 is 0 Å². The lowest BCUT2D eigenvalue weighted by Crippen LogP contribution is -1.98. The quantitative estimate of drug-likeness (QED) is 0.144. The number of fused-ring (bicyclic) bond motifs is 6. The van der Waals surface area contributed by atoms with Crippen LogP contribution in [0.1, 0.15) is 23.2 Å². The zero-order valence-corrected chi connectivity index (χ0v) is 38.0. The van der Waals surface area contributed by atoms with Crippen molar-refractivity contribution in [3.8, 4) is 67.0 Å². The van der Waals surface area contributed by atoms with E-state index in [1.54, 1.807) is 0 Å². The lowest BCUT2D eigenvalue weighted by molar-refractivity contribution is 1.10. The van der Waals surface area contributed by atoms with Gasteiger partial charge in [0, 0.05) is 33.1 Å². The fourth-order valence-corrected chi connectivity index (χ4v) is 10.7. The lowest BCUT2D eigenvalue weighted by Gasteiger charge is -2.14. The second kappa shape index (κ2) is 17.0. The van der Waals surface area contributed by atoms with E-state index >= 15 is 0 Å². The van der Waals surface area contributed by atoms with Crippen molar-refractivity contribution in [3.05, 3.63) is 278 Å². The van der Waals surface area contributed by atoms with Gasteiger partial charge in [-0.15, -0.1) is 0 Å². The molecule has 1 aliphatic rings. The third-order valence-electron chi connectivity index (χ3n) is 14.0. The molecule has 2 heterocycles. The minimum atomic E-state index is 0.843. The molecule has 0 saturated heterocycles. The van der Waals surface area contributed by atoms with Crippen LogP contribution in [-0.2, 0) is 0 Å². The number of benzene rings is 10. The summed E-state index contributed by atoms with van der Waals surface area (Å²) in [5.74, 6) is 0. The summed E-state index contributed by atoms with van der Waals surface area (Å²) in [6, 6.07) is 90.7. The molecule has 1 aliphatic carbocycles. The van der Waals surface area contributed by atoms with Crippen LogP contribution in [0, 0.1) is 0 Å². The summed E-state index contributed by atoms with van der Waals surface area (Å²) in [5, 5.41) is 3.76. The fourth-order valence-electron chi connectivity index (χ4n) is 10.7. The predicted octanol–water partition coefficient (Wildman–Crippen LogP) is 17.9. The summed E-state index contributed by atoms with van der Waals surface area (Å²) < 4.78 is 4.90. The third kappa shape index (κ3) is 7.13. The topological polar surface area (TPSA) is 9.86 Å². The van der Waals surface area contributed by atoms with Crippen molar-refractivity contribution in [1.29, 1.82) is 0 Å². The van der Waals surface area contributed by atoms with Crippen LogP contribution in [0.2, 0.25) is 0 Å². The lowest BCUT2D eigenvalue weighted by atomic mass is 9.92. The molecule has 0 aliphatic heterocycles. The zero-order valence-electron chi connectivity index (χ0n) is 38.0. The van der Waals surface area contributed by atoms with Crippen LogP contribution in [-0.4, -0.2) is 9.13 Å². The number of para-hydroxylation sites is 2. The van der Waals surface area contributed by atoms with Crippen molar-refractivity contribution in [2.45, 2.75) is 6.42 Å². The summed E-state index contributed by atoms with van der Waals surface area (Å²) in [5.41, 5.74) is 22.9. The Balaban J connectivity index is 0.851. The number of rotatable bonds is 8. The van der Waals surface area contributed by atoms with Gasteiger partial charge in [0.15, 0.2) is 0 Å². The summed E-state index contributed by atoms with van der Waals surface area (Å²) >= 11 is 0. The fraction of sp³-hybridized carbons (Fsp3) is 0.0149. The van der Waals surface area contributed by atoms with Gasteiger partial charge in [0.25, 0.3) is 0 Å². The van der Waals surface area contributed by atoms with Gasteiger partial charge in [-0.05, 0) is 134 Å². The molecule has 13 rings (SSSR count). The maximum atomic E-state index is 2.45. The minimum absolute atomic E-state index is 0.843. The van der Waals surface area contributed by atoms with Crippen LogP contribution < -0.4 is 0 Å². The van der Waals surface area contributed by atoms with Gasteiger partial charge < -0.3 is 9.13 Å². The third-order valence-corrected chi connectivity index (χ3v) is 14.0. The van der Waals surface area contributed by atoms with E-state index in [1.165, 1.54) is 111 Å². The molecule has 12 aromatic rings. The second-order valence-corrected chi connectivity index (χ2v) is 18.0. The van der Waals surface area contributed by atoms with Gasteiger partial charge in [-0.25, -0.2) is 0 Å². The first kappa shape index (κ1) is 40.3. The number of aromatic nitrogens is 2. The molecule has 324 valence electrons. The predicted molar refractivity (Wildman–Crippen MR) is 292 cm³/mol. The number of hydrogen-bond donors (Lipinski definition) is 0. The highest BCUT2D eigenvalue weighted by Crippen LogP contribution is 2.45.